The third kappa shape index (κ3) is 2.88. The van der Waals surface area contributed by atoms with Crippen LogP contribution in [0.3, 0.4) is 0 Å². The van der Waals surface area contributed by atoms with Crippen LogP contribution >= 0.6 is 0 Å². The third-order valence-corrected chi connectivity index (χ3v) is 5.37. The van der Waals surface area contributed by atoms with Crippen molar-refractivity contribution in [1.29, 1.82) is 0 Å². The zero-order chi connectivity index (χ0) is 20.0. The Morgan fingerprint density at radius 1 is 0.793 bits per heavy atom. The third-order valence-electron chi connectivity index (χ3n) is 5.37. The van der Waals surface area contributed by atoms with Crippen LogP contribution < -0.4 is 10.6 Å². The summed E-state index contributed by atoms with van der Waals surface area (Å²) >= 11 is 0. The number of hydrogen-bond acceptors (Lipinski definition) is 5. The Morgan fingerprint density at radius 3 is 2.14 bits per heavy atom. The molecule has 0 aliphatic carbocycles. The molecule has 0 radical (unpaired) electrons. The lowest BCUT2D eigenvalue weighted by molar-refractivity contribution is -0.149. The molecule has 2 aliphatic heterocycles. The molecule has 0 fully saturated rings. The number of ether oxygens (including phenoxy) is 1. The van der Waals surface area contributed by atoms with Gasteiger partial charge in [0.25, 0.3) is 0 Å². The van der Waals surface area contributed by atoms with Crippen LogP contribution in [0.4, 0.5) is 17.1 Å². The molecule has 0 aromatic heterocycles. The average Bonchev–Trinajstić information content (AvgIpc) is 3.28. The number of anilines is 3. The lowest BCUT2D eigenvalue weighted by Crippen LogP contribution is -2.13. The van der Waals surface area contributed by atoms with Gasteiger partial charge in [-0.1, -0.05) is 42.5 Å². The molecular weight excluding hydrogens is 364 g/mol. The highest BCUT2D eigenvalue weighted by molar-refractivity contribution is 6.44. The van der Waals surface area contributed by atoms with Crippen molar-refractivity contribution in [1.82, 2.24) is 0 Å². The summed E-state index contributed by atoms with van der Waals surface area (Å²) in [7, 11) is 0. The number of esters is 2. The minimum Gasteiger partial charge on any atom is -0.399 e. The van der Waals surface area contributed by atoms with Gasteiger partial charge in [-0.25, -0.2) is 9.59 Å². The minimum atomic E-state index is -0.608. The van der Waals surface area contributed by atoms with Crippen molar-refractivity contribution in [2.45, 2.75) is 6.42 Å². The molecule has 2 aliphatic rings. The molecule has 0 spiro atoms. The van der Waals surface area contributed by atoms with E-state index < -0.39 is 11.9 Å². The molecule has 5 nitrogen and oxygen atoms in total. The van der Waals surface area contributed by atoms with Gasteiger partial charge in [-0.05, 0) is 53.4 Å². The second-order valence-corrected chi connectivity index (χ2v) is 7.13. The van der Waals surface area contributed by atoms with Crippen molar-refractivity contribution in [3.05, 3.63) is 89.5 Å². The molecular formula is C24H18N2O3. The first-order valence-corrected chi connectivity index (χ1v) is 9.44. The first-order valence-electron chi connectivity index (χ1n) is 9.44. The minimum absolute atomic E-state index is 0.308. The molecule has 0 unspecified atom stereocenters. The van der Waals surface area contributed by atoms with Gasteiger partial charge in [0, 0.05) is 23.6 Å². The summed E-state index contributed by atoms with van der Waals surface area (Å²) in [5, 5.41) is 0. The van der Waals surface area contributed by atoms with E-state index >= 15 is 0 Å². The summed E-state index contributed by atoms with van der Waals surface area (Å²) in [4.78, 5) is 26.9. The number of benzene rings is 3. The largest absolute Gasteiger partial charge is 0.399 e. The summed E-state index contributed by atoms with van der Waals surface area (Å²) < 4.78 is 4.91. The van der Waals surface area contributed by atoms with Crippen molar-refractivity contribution in [2.24, 2.45) is 0 Å². The van der Waals surface area contributed by atoms with Gasteiger partial charge < -0.3 is 15.4 Å². The molecule has 0 atom stereocenters. The standard InChI is InChI=1S/C24H18N2O3/c25-18-8-11-20-17(14-18)12-13-26(20)19-9-6-16(7-10-19)22-21(23(27)29-24(22)28)15-4-2-1-3-5-15/h1-11,14H,12-13,25H2. The van der Waals surface area contributed by atoms with Crippen LogP contribution in [-0.4, -0.2) is 18.5 Å². The Bertz CT molecular complexity index is 1160. The molecule has 3 aromatic carbocycles. The van der Waals surface area contributed by atoms with Crippen LogP contribution in [0.1, 0.15) is 16.7 Å². The summed E-state index contributed by atoms with van der Waals surface area (Å²) in [5.41, 5.74) is 12.0. The molecule has 0 saturated carbocycles. The Morgan fingerprint density at radius 2 is 1.45 bits per heavy atom. The van der Waals surface area contributed by atoms with Gasteiger partial charge in [0.2, 0.25) is 0 Å². The van der Waals surface area contributed by atoms with Gasteiger partial charge in [-0.3, -0.25) is 0 Å². The van der Waals surface area contributed by atoms with Crippen LogP contribution in [0.15, 0.2) is 72.8 Å². The zero-order valence-corrected chi connectivity index (χ0v) is 15.6. The zero-order valence-electron chi connectivity index (χ0n) is 15.6. The second kappa shape index (κ2) is 6.63. The van der Waals surface area contributed by atoms with Crippen LogP contribution in [-0.2, 0) is 20.7 Å². The maximum absolute atomic E-state index is 12.4. The molecule has 2 heterocycles. The van der Waals surface area contributed by atoms with Crippen LogP contribution in [0.2, 0.25) is 0 Å². The molecule has 0 saturated heterocycles. The monoisotopic (exact) mass is 382 g/mol. The fraction of sp³-hybridized carbons (Fsp3) is 0.0833. The maximum Gasteiger partial charge on any atom is 0.347 e. The number of carbonyl (C=O) groups excluding carboxylic acids is 2. The van der Waals surface area contributed by atoms with E-state index in [1.54, 1.807) is 12.1 Å². The molecule has 2 N–H and O–H groups in total. The number of fused-ring (bicyclic) bond motifs is 1. The Balaban J connectivity index is 1.53. The topological polar surface area (TPSA) is 72.6 Å². The molecule has 0 amide bonds. The van der Waals surface area contributed by atoms with Crippen molar-refractivity contribution in [3.8, 4) is 0 Å². The van der Waals surface area contributed by atoms with E-state index in [0.29, 0.717) is 22.3 Å². The Hall–Kier alpha value is -3.86. The number of nitrogens with two attached hydrogens (primary N) is 1. The number of carbonyl (C=O) groups is 2. The highest BCUT2D eigenvalue weighted by Crippen LogP contribution is 2.38. The molecule has 3 aromatic rings. The van der Waals surface area contributed by atoms with Crippen molar-refractivity contribution >= 4 is 40.1 Å². The van der Waals surface area contributed by atoms with Gasteiger partial charge in [0.05, 0.1) is 11.1 Å². The van der Waals surface area contributed by atoms with Crippen LogP contribution in [0.5, 0.6) is 0 Å². The predicted molar refractivity (Wildman–Crippen MR) is 112 cm³/mol. The molecule has 5 heteroatoms. The number of nitrogens with zero attached hydrogens (tertiary/aromatic N) is 1. The normalized spacial score (nSPS) is 15.7. The SMILES string of the molecule is Nc1ccc2c(c1)CCN2c1ccc(C2=C(c3ccccc3)C(=O)OC2=O)cc1. The highest BCUT2D eigenvalue weighted by atomic mass is 16.6. The molecule has 5 rings (SSSR count). The summed E-state index contributed by atoms with van der Waals surface area (Å²) in [6.45, 7) is 0.872. The van der Waals surface area contributed by atoms with Gasteiger partial charge in [0.1, 0.15) is 0 Å². The fourth-order valence-electron chi connectivity index (χ4n) is 4.02. The summed E-state index contributed by atoms with van der Waals surface area (Å²) in [6.07, 6.45) is 0.937. The van der Waals surface area contributed by atoms with Gasteiger partial charge in [0.15, 0.2) is 0 Å². The highest BCUT2D eigenvalue weighted by Gasteiger charge is 2.34. The van der Waals surface area contributed by atoms with Gasteiger partial charge in [-0.2, -0.15) is 0 Å². The number of hydrogen-bond donors (Lipinski definition) is 1. The lowest BCUT2D eigenvalue weighted by Gasteiger charge is -2.20. The first kappa shape index (κ1) is 17.3. The van der Waals surface area contributed by atoms with Crippen LogP contribution in [0, 0.1) is 0 Å². The Labute approximate surface area is 168 Å². The van der Waals surface area contributed by atoms with Crippen molar-refractivity contribution < 1.29 is 14.3 Å². The van der Waals surface area contributed by atoms with Gasteiger partial charge >= 0.3 is 11.9 Å². The maximum atomic E-state index is 12.4. The quantitative estimate of drug-likeness (QED) is 0.422. The molecule has 142 valence electrons. The summed E-state index contributed by atoms with van der Waals surface area (Å²) in [6, 6.07) is 22.7. The summed E-state index contributed by atoms with van der Waals surface area (Å²) in [5.74, 6) is -1.21. The molecule has 0 bridgehead atoms. The van der Waals surface area contributed by atoms with E-state index in [4.69, 9.17) is 10.5 Å². The number of cyclic esters (lactones) is 2. The van der Waals surface area contributed by atoms with Crippen molar-refractivity contribution in [2.75, 3.05) is 17.2 Å². The van der Waals surface area contributed by atoms with Crippen molar-refractivity contribution in [3.63, 3.8) is 0 Å². The van der Waals surface area contributed by atoms with Gasteiger partial charge in [-0.15, -0.1) is 0 Å². The Kier molecular flexibility index (Phi) is 3.95. The van der Waals surface area contributed by atoms with E-state index in [-0.39, 0.29) is 0 Å². The second-order valence-electron chi connectivity index (χ2n) is 7.13. The first-order chi connectivity index (χ1) is 14.1. The van der Waals surface area contributed by atoms with Crippen LogP contribution in [0.25, 0.3) is 11.1 Å². The number of nitrogen functional groups attached to an aromatic ring is 1. The van der Waals surface area contributed by atoms with E-state index in [1.807, 2.05) is 60.7 Å². The lowest BCUT2D eigenvalue weighted by atomic mass is 9.96. The molecule has 29 heavy (non-hydrogen) atoms. The average molecular weight is 382 g/mol. The number of rotatable bonds is 3. The fourth-order valence-corrected chi connectivity index (χ4v) is 4.02. The van der Waals surface area contributed by atoms with E-state index in [1.165, 1.54) is 5.56 Å². The predicted octanol–water partition coefficient (Wildman–Crippen LogP) is 3.96. The van der Waals surface area contributed by atoms with E-state index in [9.17, 15) is 9.59 Å². The smallest absolute Gasteiger partial charge is 0.347 e. The van der Waals surface area contributed by atoms with E-state index in [2.05, 4.69) is 4.90 Å². The van der Waals surface area contributed by atoms with E-state index in [0.717, 1.165) is 30.0 Å².